The molecule has 0 spiro atoms. The second kappa shape index (κ2) is 5.28. The van der Waals surface area contributed by atoms with E-state index in [9.17, 15) is 4.79 Å². The molecule has 1 N–H and O–H groups in total. The van der Waals surface area contributed by atoms with E-state index in [0.29, 0.717) is 6.42 Å². The first-order valence-electron chi connectivity index (χ1n) is 2.98. The van der Waals surface area contributed by atoms with Gasteiger partial charge in [-0.15, -0.1) is 5.16 Å². The number of hydrogen-bond donors (Lipinski definition) is 1. The molecule has 52 valence electrons. The van der Waals surface area contributed by atoms with E-state index in [4.69, 9.17) is 5.21 Å². The van der Waals surface area contributed by atoms with Crippen LogP contribution in [0.25, 0.3) is 0 Å². The molecule has 0 aromatic heterocycles. The number of nitrogens with zero attached hydrogens (tertiary/aromatic N) is 1. The van der Waals surface area contributed by atoms with E-state index >= 15 is 0 Å². The fourth-order valence-corrected chi connectivity index (χ4v) is 0.524. The molecule has 0 heterocycles. The van der Waals surface area contributed by atoms with Crippen molar-refractivity contribution in [2.24, 2.45) is 5.16 Å². The number of rotatable bonds is 4. The van der Waals surface area contributed by atoms with Crippen molar-refractivity contribution in [3.8, 4) is 0 Å². The van der Waals surface area contributed by atoms with Crippen LogP contribution >= 0.6 is 0 Å². The van der Waals surface area contributed by atoms with Crippen LogP contribution in [0.3, 0.4) is 0 Å². The molecule has 0 saturated carbocycles. The number of Topliss-reactive ketones (excluding diaryl/α,β-unsaturated/α-hetero) is 1. The van der Waals surface area contributed by atoms with Gasteiger partial charge in [-0.05, 0) is 6.42 Å². The molecule has 0 aliphatic carbocycles. The highest BCUT2D eigenvalue weighted by Crippen LogP contribution is 1.90. The summed E-state index contributed by atoms with van der Waals surface area (Å²) in [5.41, 5.74) is 0. The Kier molecular flexibility index (Phi) is 4.78. The van der Waals surface area contributed by atoms with Crippen molar-refractivity contribution in [1.82, 2.24) is 0 Å². The van der Waals surface area contributed by atoms with Crippen molar-refractivity contribution in [2.45, 2.75) is 26.2 Å². The maximum Gasteiger partial charge on any atom is 0.138 e. The first-order valence-corrected chi connectivity index (χ1v) is 2.98. The van der Waals surface area contributed by atoms with Gasteiger partial charge >= 0.3 is 0 Å². The molecule has 0 bridgehead atoms. The molecule has 0 rings (SSSR count). The number of ketones is 1. The fraction of sp³-hybridized carbons (Fsp3) is 0.667. The molecule has 3 heteroatoms. The van der Waals surface area contributed by atoms with Gasteiger partial charge in [0.2, 0.25) is 0 Å². The lowest BCUT2D eigenvalue weighted by Crippen LogP contribution is -1.96. The smallest absolute Gasteiger partial charge is 0.138 e. The van der Waals surface area contributed by atoms with Crippen LogP contribution in [0.1, 0.15) is 26.2 Å². The number of hydrogen-bond acceptors (Lipinski definition) is 3. The first-order chi connectivity index (χ1) is 4.31. The van der Waals surface area contributed by atoms with Gasteiger partial charge < -0.3 is 5.21 Å². The van der Waals surface area contributed by atoms with E-state index in [1.807, 2.05) is 6.92 Å². The highest BCUT2D eigenvalue weighted by molar-refractivity contribution is 5.91. The molecule has 9 heavy (non-hydrogen) atoms. The van der Waals surface area contributed by atoms with Crippen molar-refractivity contribution < 1.29 is 10.0 Å². The summed E-state index contributed by atoms with van der Waals surface area (Å²) in [6.07, 6.45) is 2.90. The zero-order valence-corrected chi connectivity index (χ0v) is 5.50. The van der Waals surface area contributed by atoms with Crippen molar-refractivity contribution >= 4 is 12.0 Å². The maximum atomic E-state index is 10.6. The second-order valence-electron chi connectivity index (χ2n) is 1.79. The van der Waals surface area contributed by atoms with Crippen LogP contribution in [-0.4, -0.2) is 17.2 Å². The third-order valence-corrected chi connectivity index (χ3v) is 0.929. The Balaban J connectivity index is 3.27. The Labute approximate surface area is 54.4 Å². The second-order valence-corrected chi connectivity index (χ2v) is 1.79. The minimum absolute atomic E-state index is 0.121. The average Bonchev–Trinajstić information content (AvgIpc) is 1.85. The van der Waals surface area contributed by atoms with Crippen molar-refractivity contribution in [2.75, 3.05) is 0 Å². The lowest BCUT2D eigenvalue weighted by molar-refractivity contribution is -0.117. The van der Waals surface area contributed by atoms with E-state index in [2.05, 4.69) is 5.16 Å². The van der Waals surface area contributed by atoms with Crippen LogP contribution in [-0.2, 0) is 4.79 Å². The van der Waals surface area contributed by atoms with E-state index in [0.717, 1.165) is 6.42 Å². The van der Waals surface area contributed by atoms with Crippen LogP contribution in [0.5, 0.6) is 0 Å². The number of oxime groups is 1. The Morgan fingerprint density at radius 3 is 2.89 bits per heavy atom. The molecule has 3 nitrogen and oxygen atoms in total. The maximum absolute atomic E-state index is 10.6. The molecule has 0 radical (unpaired) electrons. The van der Waals surface area contributed by atoms with Crippen LogP contribution < -0.4 is 0 Å². The molecule has 0 aromatic rings. The molecule has 0 saturated heterocycles. The van der Waals surface area contributed by atoms with Crippen molar-refractivity contribution in [3.63, 3.8) is 0 Å². The largest absolute Gasteiger partial charge is 0.411 e. The van der Waals surface area contributed by atoms with Crippen LogP contribution in [0.4, 0.5) is 0 Å². The summed E-state index contributed by atoms with van der Waals surface area (Å²) in [6.45, 7) is 1.94. The molecule has 0 aromatic carbocycles. The summed E-state index contributed by atoms with van der Waals surface area (Å²) >= 11 is 0. The van der Waals surface area contributed by atoms with Gasteiger partial charge in [0.1, 0.15) is 5.78 Å². The molecule has 0 fully saturated rings. The number of carbonyl (C=O) groups excluding carboxylic acids is 1. The van der Waals surface area contributed by atoms with Crippen LogP contribution in [0.2, 0.25) is 0 Å². The fourth-order valence-electron chi connectivity index (χ4n) is 0.524. The van der Waals surface area contributed by atoms with Gasteiger partial charge in [-0.1, -0.05) is 6.92 Å². The normalized spacial score (nSPS) is 10.3. The zero-order valence-electron chi connectivity index (χ0n) is 5.50. The van der Waals surface area contributed by atoms with Gasteiger partial charge in [0.05, 0.1) is 6.21 Å². The Bertz CT molecular complexity index is 110. The summed E-state index contributed by atoms with van der Waals surface area (Å²) in [7, 11) is 0. The summed E-state index contributed by atoms with van der Waals surface area (Å²) < 4.78 is 0. The van der Waals surface area contributed by atoms with Gasteiger partial charge in [-0.25, -0.2) is 0 Å². The molecule has 0 unspecified atom stereocenters. The van der Waals surface area contributed by atoms with Gasteiger partial charge in [0.25, 0.3) is 0 Å². The molecule has 0 aliphatic rings. The molecule has 0 atom stereocenters. The monoisotopic (exact) mass is 129 g/mol. The Morgan fingerprint density at radius 1 is 1.78 bits per heavy atom. The van der Waals surface area contributed by atoms with Crippen molar-refractivity contribution in [3.05, 3.63) is 0 Å². The van der Waals surface area contributed by atoms with Gasteiger partial charge in [-0.2, -0.15) is 0 Å². The SMILES string of the molecule is CCCC(=O)CC=NO. The zero-order chi connectivity index (χ0) is 7.11. The summed E-state index contributed by atoms with van der Waals surface area (Å²) in [4.78, 5) is 10.6. The van der Waals surface area contributed by atoms with Gasteiger partial charge in [0, 0.05) is 12.8 Å². The lowest BCUT2D eigenvalue weighted by Gasteiger charge is -1.88. The van der Waals surface area contributed by atoms with Gasteiger partial charge in [-0.3, -0.25) is 4.79 Å². The standard InChI is InChI=1S/C6H11NO2/c1-2-3-6(8)4-5-7-9/h5,9H,2-4H2,1H3. The van der Waals surface area contributed by atoms with Crippen LogP contribution in [0.15, 0.2) is 5.16 Å². The molecule has 0 aliphatic heterocycles. The third kappa shape index (κ3) is 5.00. The minimum Gasteiger partial charge on any atom is -0.411 e. The Hall–Kier alpha value is -0.860. The van der Waals surface area contributed by atoms with E-state index in [1.54, 1.807) is 0 Å². The Morgan fingerprint density at radius 2 is 2.44 bits per heavy atom. The predicted octanol–water partition coefficient (Wildman–Crippen LogP) is 1.21. The highest BCUT2D eigenvalue weighted by Gasteiger charge is 1.95. The number of carbonyl (C=O) groups is 1. The lowest BCUT2D eigenvalue weighted by atomic mass is 10.2. The molecular weight excluding hydrogens is 118 g/mol. The third-order valence-electron chi connectivity index (χ3n) is 0.929. The van der Waals surface area contributed by atoms with E-state index < -0.39 is 0 Å². The van der Waals surface area contributed by atoms with E-state index in [1.165, 1.54) is 6.21 Å². The summed E-state index contributed by atoms with van der Waals surface area (Å²) in [5.74, 6) is 0.121. The van der Waals surface area contributed by atoms with Gasteiger partial charge in [0.15, 0.2) is 0 Å². The summed E-state index contributed by atoms with van der Waals surface area (Å²) in [5, 5.41) is 10.6. The first kappa shape index (κ1) is 8.14. The van der Waals surface area contributed by atoms with Crippen molar-refractivity contribution in [1.29, 1.82) is 0 Å². The van der Waals surface area contributed by atoms with Crippen LogP contribution in [0, 0.1) is 0 Å². The predicted molar refractivity (Wildman–Crippen MR) is 34.8 cm³/mol. The molecular formula is C6H11NO2. The topological polar surface area (TPSA) is 49.7 Å². The minimum atomic E-state index is 0.121. The quantitative estimate of drug-likeness (QED) is 0.352. The average molecular weight is 129 g/mol. The van der Waals surface area contributed by atoms with E-state index in [-0.39, 0.29) is 12.2 Å². The highest BCUT2D eigenvalue weighted by atomic mass is 16.4. The summed E-state index contributed by atoms with van der Waals surface area (Å²) in [6, 6.07) is 0. The molecule has 0 amide bonds.